The van der Waals surface area contributed by atoms with Gasteiger partial charge in [0.2, 0.25) is 0 Å². The topological polar surface area (TPSA) is 75.6 Å². The number of halogens is 3. The molecule has 0 unspecified atom stereocenters. The van der Waals surface area contributed by atoms with E-state index in [0.717, 1.165) is 12.1 Å². The van der Waals surface area contributed by atoms with Crippen LogP contribution >= 0.6 is 0 Å². The number of carboxylic acid groups (broad SMARTS) is 1. The minimum absolute atomic E-state index is 0.0121. The van der Waals surface area contributed by atoms with Crippen molar-refractivity contribution in [2.24, 2.45) is 0 Å². The average Bonchev–Trinajstić information content (AvgIpc) is 2.33. The summed E-state index contributed by atoms with van der Waals surface area (Å²) in [5.41, 5.74) is -2.33. The third-order valence-electron chi connectivity index (χ3n) is 2.40. The number of alkyl carbamates (subject to hydrolysis) is 1. The number of hydrogen-bond acceptors (Lipinski definition) is 3. The number of nitrogens with one attached hydrogen (secondary N) is 1. The first-order chi connectivity index (χ1) is 9.88. The summed E-state index contributed by atoms with van der Waals surface area (Å²) in [5, 5.41) is 11.1. The molecule has 0 fully saturated rings. The second-order valence-corrected chi connectivity index (χ2v) is 5.58. The Labute approximate surface area is 125 Å². The molecule has 1 aromatic rings. The normalized spacial score (nSPS) is 11.9. The van der Waals surface area contributed by atoms with E-state index in [1.807, 2.05) is 0 Å². The van der Waals surface area contributed by atoms with Crippen LogP contribution in [0.1, 0.15) is 42.3 Å². The van der Waals surface area contributed by atoms with Crippen LogP contribution in [0.15, 0.2) is 18.2 Å². The molecule has 0 spiro atoms. The average molecular weight is 319 g/mol. The van der Waals surface area contributed by atoms with Crippen LogP contribution in [0, 0.1) is 0 Å². The highest BCUT2D eigenvalue weighted by Gasteiger charge is 2.31. The van der Waals surface area contributed by atoms with Gasteiger partial charge in [-0.1, -0.05) is 0 Å². The summed E-state index contributed by atoms with van der Waals surface area (Å²) >= 11 is 0. The third-order valence-corrected chi connectivity index (χ3v) is 2.40. The van der Waals surface area contributed by atoms with Gasteiger partial charge in [-0.05, 0) is 44.5 Å². The number of hydrogen-bond donors (Lipinski definition) is 2. The fourth-order valence-corrected chi connectivity index (χ4v) is 1.57. The van der Waals surface area contributed by atoms with Gasteiger partial charge in [-0.25, -0.2) is 9.59 Å². The molecule has 122 valence electrons. The lowest BCUT2D eigenvalue weighted by Crippen LogP contribution is -2.32. The van der Waals surface area contributed by atoms with Crippen molar-refractivity contribution >= 4 is 12.1 Å². The first-order valence-corrected chi connectivity index (χ1v) is 6.30. The molecule has 0 bridgehead atoms. The third kappa shape index (κ3) is 5.63. The molecule has 0 atom stereocenters. The number of amides is 1. The molecule has 1 rings (SSSR count). The second-order valence-electron chi connectivity index (χ2n) is 5.58. The maximum absolute atomic E-state index is 12.7. The lowest BCUT2D eigenvalue weighted by molar-refractivity contribution is -0.137. The molecule has 0 aromatic heterocycles. The summed E-state index contributed by atoms with van der Waals surface area (Å²) in [6, 6.07) is 2.39. The molecule has 0 aliphatic heterocycles. The monoisotopic (exact) mass is 319 g/mol. The summed E-state index contributed by atoms with van der Waals surface area (Å²) in [4.78, 5) is 22.3. The van der Waals surface area contributed by atoms with Crippen molar-refractivity contribution in [3.63, 3.8) is 0 Å². The predicted molar refractivity (Wildman–Crippen MR) is 71.5 cm³/mol. The van der Waals surface area contributed by atoms with Crippen LogP contribution in [-0.2, 0) is 17.5 Å². The Morgan fingerprint density at radius 2 is 1.77 bits per heavy atom. The number of carbonyl (C=O) groups is 2. The van der Waals surface area contributed by atoms with E-state index in [0.29, 0.717) is 6.07 Å². The summed E-state index contributed by atoms with van der Waals surface area (Å²) in [6.07, 6.45) is -5.48. The van der Waals surface area contributed by atoms with Gasteiger partial charge in [0.25, 0.3) is 0 Å². The zero-order valence-electron chi connectivity index (χ0n) is 12.2. The maximum Gasteiger partial charge on any atom is 0.416 e. The van der Waals surface area contributed by atoms with Gasteiger partial charge in [0, 0.05) is 6.54 Å². The van der Waals surface area contributed by atoms with Gasteiger partial charge < -0.3 is 15.2 Å². The quantitative estimate of drug-likeness (QED) is 0.895. The number of alkyl halides is 3. The number of rotatable bonds is 3. The van der Waals surface area contributed by atoms with Crippen molar-refractivity contribution in [2.45, 2.75) is 39.1 Å². The van der Waals surface area contributed by atoms with Crippen molar-refractivity contribution in [1.82, 2.24) is 5.32 Å². The number of aromatic carboxylic acids is 1. The van der Waals surface area contributed by atoms with Gasteiger partial charge in [0.15, 0.2) is 0 Å². The molecule has 8 heteroatoms. The Morgan fingerprint density at radius 3 is 2.23 bits per heavy atom. The van der Waals surface area contributed by atoms with Gasteiger partial charge in [-0.3, -0.25) is 0 Å². The van der Waals surface area contributed by atoms with E-state index in [1.165, 1.54) is 0 Å². The van der Waals surface area contributed by atoms with Gasteiger partial charge in [0.05, 0.1) is 11.1 Å². The van der Waals surface area contributed by atoms with E-state index in [4.69, 9.17) is 9.84 Å². The van der Waals surface area contributed by atoms with Crippen LogP contribution < -0.4 is 5.32 Å². The molecule has 0 aliphatic carbocycles. The molecule has 0 radical (unpaired) electrons. The number of carbonyl (C=O) groups excluding carboxylic acids is 1. The lowest BCUT2D eigenvalue weighted by atomic mass is 10.1. The van der Waals surface area contributed by atoms with Gasteiger partial charge in [0.1, 0.15) is 5.60 Å². The van der Waals surface area contributed by atoms with Crippen LogP contribution in [-0.4, -0.2) is 22.8 Å². The molecule has 2 N–H and O–H groups in total. The van der Waals surface area contributed by atoms with Crippen LogP contribution in [0.3, 0.4) is 0 Å². The Hall–Kier alpha value is -2.25. The van der Waals surface area contributed by atoms with E-state index in [9.17, 15) is 22.8 Å². The molecule has 0 saturated heterocycles. The largest absolute Gasteiger partial charge is 0.478 e. The van der Waals surface area contributed by atoms with Crippen LogP contribution in [0.4, 0.5) is 18.0 Å². The molecule has 1 aromatic carbocycles. The standard InChI is InChI=1S/C14H16F3NO4/c1-13(2,3)22-12(21)18-7-8-4-9(11(19)20)6-10(5-8)14(15,16)17/h4-6H,7H2,1-3H3,(H,18,21)(H,19,20). The lowest BCUT2D eigenvalue weighted by Gasteiger charge is -2.20. The minimum atomic E-state index is -4.67. The minimum Gasteiger partial charge on any atom is -0.478 e. The smallest absolute Gasteiger partial charge is 0.416 e. The molecule has 1 amide bonds. The van der Waals surface area contributed by atoms with Crippen molar-refractivity contribution in [3.8, 4) is 0 Å². The molecular weight excluding hydrogens is 303 g/mol. The maximum atomic E-state index is 12.7. The summed E-state index contributed by atoms with van der Waals surface area (Å²) in [6.45, 7) is 4.64. The fraction of sp³-hybridized carbons (Fsp3) is 0.429. The van der Waals surface area contributed by atoms with E-state index in [2.05, 4.69) is 5.32 Å². The van der Waals surface area contributed by atoms with Crippen molar-refractivity contribution < 1.29 is 32.6 Å². The van der Waals surface area contributed by atoms with Gasteiger partial charge in [-0.2, -0.15) is 13.2 Å². The Bertz CT molecular complexity index is 576. The van der Waals surface area contributed by atoms with E-state index in [-0.39, 0.29) is 12.1 Å². The zero-order chi connectivity index (χ0) is 17.1. The first kappa shape index (κ1) is 17.8. The van der Waals surface area contributed by atoms with E-state index in [1.54, 1.807) is 20.8 Å². The Balaban J connectivity index is 2.93. The molecule has 5 nitrogen and oxygen atoms in total. The van der Waals surface area contributed by atoms with Crippen molar-refractivity contribution in [3.05, 3.63) is 34.9 Å². The Morgan fingerprint density at radius 1 is 1.18 bits per heavy atom. The second kappa shape index (κ2) is 6.25. The zero-order valence-corrected chi connectivity index (χ0v) is 12.2. The molecule has 22 heavy (non-hydrogen) atoms. The van der Waals surface area contributed by atoms with E-state index < -0.39 is 35.0 Å². The van der Waals surface area contributed by atoms with Gasteiger partial charge >= 0.3 is 18.2 Å². The van der Waals surface area contributed by atoms with Crippen molar-refractivity contribution in [2.75, 3.05) is 0 Å². The highest BCUT2D eigenvalue weighted by atomic mass is 19.4. The van der Waals surface area contributed by atoms with Crippen LogP contribution in [0.2, 0.25) is 0 Å². The number of benzene rings is 1. The predicted octanol–water partition coefficient (Wildman–Crippen LogP) is 3.43. The summed E-state index contributed by atoms with van der Waals surface area (Å²) in [5.74, 6) is -1.48. The molecule has 0 saturated carbocycles. The van der Waals surface area contributed by atoms with Crippen LogP contribution in [0.5, 0.6) is 0 Å². The summed E-state index contributed by atoms with van der Waals surface area (Å²) in [7, 11) is 0. The number of ether oxygens (including phenoxy) is 1. The summed E-state index contributed by atoms with van der Waals surface area (Å²) < 4.78 is 43.1. The molecular formula is C14H16F3NO4. The number of carboxylic acids is 1. The highest BCUT2D eigenvalue weighted by molar-refractivity contribution is 5.88. The highest BCUT2D eigenvalue weighted by Crippen LogP contribution is 2.30. The van der Waals surface area contributed by atoms with Crippen molar-refractivity contribution in [1.29, 1.82) is 0 Å². The first-order valence-electron chi connectivity index (χ1n) is 6.30. The fourth-order valence-electron chi connectivity index (χ4n) is 1.57. The molecule has 0 heterocycles. The Kier molecular flexibility index (Phi) is 5.05. The van der Waals surface area contributed by atoms with Gasteiger partial charge in [-0.15, -0.1) is 0 Å². The van der Waals surface area contributed by atoms with Crippen LogP contribution in [0.25, 0.3) is 0 Å². The molecule has 0 aliphatic rings. The van der Waals surface area contributed by atoms with E-state index >= 15 is 0 Å². The SMILES string of the molecule is CC(C)(C)OC(=O)NCc1cc(C(=O)O)cc(C(F)(F)F)c1.